The van der Waals surface area contributed by atoms with Gasteiger partial charge in [0.15, 0.2) is 5.82 Å². The number of carbonyl (C=O) groups is 1. The molecule has 0 N–H and O–H groups in total. The Morgan fingerprint density at radius 1 is 1.29 bits per heavy atom. The molecule has 0 aliphatic rings. The van der Waals surface area contributed by atoms with Crippen molar-refractivity contribution in [3.63, 3.8) is 0 Å². The van der Waals surface area contributed by atoms with Crippen molar-refractivity contribution in [3.8, 4) is 5.82 Å². The van der Waals surface area contributed by atoms with Gasteiger partial charge in [-0.1, -0.05) is 13.3 Å². The molecule has 0 spiro atoms. The van der Waals surface area contributed by atoms with Crippen molar-refractivity contribution in [2.45, 2.75) is 32.9 Å². The van der Waals surface area contributed by atoms with Crippen LogP contribution < -0.4 is 0 Å². The van der Waals surface area contributed by atoms with Crippen LogP contribution in [0.25, 0.3) is 5.82 Å². The van der Waals surface area contributed by atoms with Gasteiger partial charge in [0.25, 0.3) is 5.91 Å². The molecular weight excluding hydrogens is 321 g/mol. The van der Waals surface area contributed by atoms with Crippen LogP contribution in [0.2, 0.25) is 0 Å². The molecule has 130 valence electrons. The largest absolute Gasteiger partial charge is 0.417 e. The molecule has 0 saturated carbocycles. The second-order valence-electron chi connectivity index (χ2n) is 5.54. The smallest absolute Gasteiger partial charge is 0.342 e. The maximum absolute atomic E-state index is 12.6. The molecule has 2 rings (SSSR count). The number of rotatable bonds is 5. The minimum atomic E-state index is -4.44. The van der Waals surface area contributed by atoms with Gasteiger partial charge < -0.3 is 4.90 Å². The standard InChI is InChI=1S/C16H19F3N4O/c1-4-5-8-22(3)15(24)13-10-21-23(11(13)2)14-7-6-12(9-20-14)16(17,18)19/h6-7,9-10H,4-5,8H2,1-3H3. The van der Waals surface area contributed by atoms with Crippen molar-refractivity contribution >= 4 is 5.91 Å². The molecule has 0 aromatic carbocycles. The van der Waals surface area contributed by atoms with Crippen LogP contribution in [0.3, 0.4) is 0 Å². The van der Waals surface area contributed by atoms with E-state index in [0.29, 0.717) is 17.8 Å². The van der Waals surface area contributed by atoms with Crippen molar-refractivity contribution in [1.82, 2.24) is 19.7 Å². The van der Waals surface area contributed by atoms with E-state index in [0.717, 1.165) is 25.1 Å². The Morgan fingerprint density at radius 3 is 2.54 bits per heavy atom. The van der Waals surface area contributed by atoms with E-state index in [2.05, 4.69) is 10.1 Å². The van der Waals surface area contributed by atoms with E-state index in [1.165, 1.54) is 16.9 Å². The molecule has 0 fully saturated rings. The van der Waals surface area contributed by atoms with Gasteiger partial charge in [0, 0.05) is 19.8 Å². The molecule has 0 atom stereocenters. The number of hydrogen-bond donors (Lipinski definition) is 0. The molecule has 0 radical (unpaired) electrons. The van der Waals surface area contributed by atoms with Crippen molar-refractivity contribution in [2.24, 2.45) is 0 Å². The lowest BCUT2D eigenvalue weighted by atomic mass is 10.2. The van der Waals surface area contributed by atoms with E-state index in [-0.39, 0.29) is 11.7 Å². The van der Waals surface area contributed by atoms with Crippen molar-refractivity contribution in [2.75, 3.05) is 13.6 Å². The molecule has 0 aliphatic heterocycles. The number of hydrogen-bond acceptors (Lipinski definition) is 3. The molecule has 0 bridgehead atoms. The molecule has 2 aromatic heterocycles. The van der Waals surface area contributed by atoms with Crippen LogP contribution in [0, 0.1) is 6.92 Å². The number of carbonyl (C=O) groups excluding carboxylic acids is 1. The minimum Gasteiger partial charge on any atom is -0.342 e. The fraction of sp³-hybridized carbons (Fsp3) is 0.438. The molecule has 0 aliphatic carbocycles. The van der Waals surface area contributed by atoms with Crippen LogP contribution in [0.5, 0.6) is 0 Å². The Hall–Kier alpha value is -2.38. The SMILES string of the molecule is CCCCN(C)C(=O)c1cnn(-c2ccc(C(F)(F)F)cn2)c1C. The number of amides is 1. The maximum atomic E-state index is 12.6. The van der Waals surface area contributed by atoms with Gasteiger partial charge in [-0.25, -0.2) is 9.67 Å². The van der Waals surface area contributed by atoms with Gasteiger partial charge in [-0.05, 0) is 25.5 Å². The molecule has 1 amide bonds. The topological polar surface area (TPSA) is 51.0 Å². The van der Waals surface area contributed by atoms with Gasteiger partial charge in [-0.2, -0.15) is 18.3 Å². The highest BCUT2D eigenvalue weighted by molar-refractivity contribution is 5.95. The second kappa shape index (κ2) is 7.02. The van der Waals surface area contributed by atoms with E-state index in [1.807, 2.05) is 6.92 Å². The molecular formula is C16H19F3N4O. The summed E-state index contributed by atoms with van der Waals surface area (Å²) in [4.78, 5) is 17.8. The first-order valence-corrected chi connectivity index (χ1v) is 7.59. The summed E-state index contributed by atoms with van der Waals surface area (Å²) in [6.45, 7) is 4.36. The molecule has 24 heavy (non-hydrogen) atoms. The molecule has 2 heterocycles. The first kappa shape index (κ1) is 18.0. The molecule has 0 saturated heterocycles. The average molecular weight is 340 g/mol. The number of unbranched alkanes of at least 4 members (excludes halogenated alkanes) is 1. The lowest BCUT2D eigenvalue weighted by Crippen LogP contribution is -2.28. The summed E-state index contributed by atoms with van der Waals surface area (Å²) in [6, 6.07) is 2.18. The predicted octanol–water partition coefficient (Wildman–Crippen LogP) is 3.47. The monoisotopic (exact) mass is 340 g/mol. The fourth-order valence-corrected chi connectivity index (χ4v) is 2.23. The van der Waals surface area contributed by atoms with Crippen LogP contribution in [0.15, 0.2) is 24.5 Å². The summed E-state index contributed by atoms with van der Waals surface area (Å²) in [5.74, 6) is 0.0647. The van der Waals surface area contributed by atoms with E-state index in [4.69, 9.17) is 0 Å². The zero-order chi connectivity index (χ0) is 17.9. The quantitative estimate of drug-likeness (QED) is 0.837. The number of aromatic nitrogens is 3. The van der Waals surface area contributed by atoms with Crippen LogP contribution in [0.1, 0.15) is 41.4 Å². The van der Waals surface area contributed by atoms with Gasteiger partial charge in [0.1, 0.15) is 0 Å². The molecule has 2 aromatic rings. The highest BCUT2D eigenvalue weighted by Gasteiger charge is 2.30. The van der Waals surface area contributed by atoms with Crippen LogP contribution in [-0.4, -0.2) is 39.2 Å². The number of pyridine rings is 1. The van der Waals surface area contributed by atoms with Crippen LogP contribution in [0.4, 0.5) is 13.2 Å². The fourth-order valence-electron chi connectivity index (χ4n) is 2.23. The summed E-state index contributed by atoms with van der Waals surface area (Å²) in [6.07, 6.45) is -0.389. The Balaban J connectivity index is 2.25. The van der Waals surface area contributed by atoms with Crippen molar-refractivity contribution in [1.29, 1.82) is 0 Å². The summed E-state index contributed by atoms with van der Waals surface area (Å²) in [5.41, 5.74) is 0.123. The van der Waals surface area contributed by atoms with Crippen LogP contribution in [-0.2, 0) is 6.18 Å². The number of halogens is 3. The minimum absolute atomic E-state index is 0.167. The zero-order valence-corrected chi connectivity index (χ0v) is 13.8. The third-order valence-corrected chi connectivity index (χ3v) is 3.73. The van der Waals surface area contributed by atoms with Gasteiger partial charge in [-0.3, -0.25) is 4.79 Å². The maximum Gasteiger partial charge on any atom is 0.417 e. The van der Waals surface area contributed by atoms with E-state index >= 15 is 0 Å². The second-order valence-corrected chi connectivity index (χ2v) is 5.54. The third-order valence-electron chi connectivity index (χ3n) is 3.73. The Morgan fingerprint density at radius 2 is 2.00 bits per heavy atom. The van der Waals surface area contributed by atoms with Gasteiger partial charge in [0.2, 0.25) is 0 Å². The van der Waals surface area contributed by atoms with Gasteiger partial charge in [0.05, 0.1) is 23.0 Å². The first-order valence-electron chi connectivity index (χ1n) is 7.59. The lowest BCUT2D eigenvalue weighted by Gasteiger charge is -2.16. The Labute approximate surface area is 138 Å². The van der Waals surface area contributed by atoms with Crippen molar-refractivity contribution in [3.05, 3.63) is 41.3 Å². The zero-order valence-electron chi connectivity index (χ0n) is 13.8. The third kappa shape index (κ3) is 3.74. The normalized spacial score (nSPS) is 11.6. The molecule has 8 heteroatoms. The summed E-state index contributed by atoms with van der Waals surface area (Å²) >= 11 is 0. The highest BCUT2D eigenvalue weighted by Crippen LogP contribution is 2.28. The highest BCUT2D eigenvalue weighted by atomic mass is 19.4. The van der Waals surface area contributed by atoms with Gasteiger partial charge >= 0.3 is 6.18 Å². The molecule has 5 nitrogen and oxygen atoms in total. The first-order chi connectivity index (χ1) is 11.3. The number of alkyl halides is 3. The summed E-state index contributed by atoms with van der Waals surface area (Å²) in [5, 5.41) is 4.09. The van der Waals surface area contributed by atoms with Crippen LogP contribution >= 0.6 is 0 Å². The van der Waals surface area contributed by atoms with E-state index < -0.39 is 11.7 Å². The predicted molar refractivity (Wildman–Crippen MR) is 83.0 cm³/mol. The van der Waals surface area contributed by atoms with E-state index in [1.54, 1.807) is 18.9 Å². The Kier molecular flexibility index (Phi) is 5.26. The Bertz CT molecular complexity index is 707. The van der Waals surface area contributed by atoms with Crippen molar-refractivity contribution < 1.29 is 18.0 Å². The lowest BCUT2D eigenvalue weighted by molar-refractivity contribution is -0.137. The summed E-state index contributed by atoms with van der Waals surface area (Å²) in [7, 11) is 1.71. The number of nitrogens with zero attached hydrogens (tertiary/aromatic N) is 4. The van der Waals surface area contributed by atoms with Gasteiger partial charge in [-0.15, -0.1) is 0 Å². The average Bonchev–Trinajstić information content (AvgIpc) is 2.92. The van der Waals surface area contributed by atoms with E-state index in [9.17, 15) is 18.0 Å². The molecule has 0 unspecified atom stereocenters. The summed E-state index contributed by atoms with van der Waals surface area (Å²) < 4.78 is 39.1.